The third-order valence-electron chi connectivity index (χ3n) is 3.67. The number of nitrogens with one attached hydrogen (secondary N) is 3. The monoisotopic (exact) mass is 323 g/mol. The van der Waals surface area contributed by atoms with Crippen molar-refractivity contribution in [2.45, 2.75) is 6.42 Å². The highest BCUT2D eigenvalue weighted by molar-refractivity contribution is 5.96. The summed E-state index contributed by atoms with van der Waals surface area (Å²) in [5, 5.41) is 0.992. The summed E-state index contributed by atoms with van der Waals surface area (Å²) in [5.41, 5.74) is 7.09. The van der Waals surface area contributed by atoms with Crippen LogP contribution in [0.1, 0.15) is 15.9 Å². The van der Waals surface area contributed by atoms with Crippen LogP contribution in [0.15, 0.2) is 54.7 Å². The minimum atomic E-state index is -0.402. The Morgan fingerprint density at radius 2 is 1.92 bits per heavy atom. The summed E-state index contributed by atoms with van der Waals surface area (Å²) in [6.45, 7) is 0. The number of aromatic nitrogens is 1. The van der Waals surface area contributed by atoms with Gasteiger partial charge in [0.2, 0.25) is 5.91 Å². The molecule has 3 N–H and O–H groups in total. The number of para-hydroxylation sites is 1. The van der Waals surface area contributed by atoms with Gasteiger partial charge in [0.1, 0.15) is 5.75 Å². The van der Waals surface area contributed by atoms with Crippen LogP contribution in [0.3, 0.4) is 0 Å². The number of ether oxygens (including phenoxy) is 1. The van der Waals surface area contributed by atoms with Crippen molar-refractivity contribution in [2.24, 2.45) is 0 Å². The molecule has 0 fully saturated rings. The lowest BCUT2D eigenvalue weighted by atomic mass is 10.1. The van der Waals surface area contributed by atoms with Gasteiger partial charge in [-0.25, -0.2) is 0 Å². The summed E-state index contributed by atoms with van der Waals surface area (Å²) < 4.78 is 5.07. The number of benzene rings is 2. The van der Waals surface area contributed by atoms with E-state index in [1.165, 1.54) is 7.11 Å². The third kappa shape index (κ3) is 3.38. The Morgan fingerprint density at radius 1 is 1.08 bits per heavy atom. The van der Waals surface area contributed by atoms with Crippen molar-refractivity contribution in [1.29, 1.82) is 0 Å². The minimum absolute atomic E-state index is 0.169. The van der Waals surface area contributed by atoms with Crippen molar-refractivity contribution in [2.75, 3.05) is 7.11 Å². The fourth-order valence-electron chi connectivity index (χ4n) is 2.46. The molecule has 0 bridgehead atoms. The molecule has 0 saturated heterocycles. The van der Waals surface area contributed by atoms with Gasteiger partial charge in [-0.1, -0.05) is 24.3 Å². The van der Waals surface area contributed by atoms with Gasteiger partial charge in [-0.3, -0.25) is 20.4 Å². The van der Waals surface area contributed by atoms with Crippen LogP contribution in [0, 0.1) is 0 Å². The van der Waals surface area contributed by atoms with E-state index in [0.717, 1.165) is 16.5 Å². The van der Waals surface area contributed by atoms with E-state index in [9.17, 15) is 9.59 Å². The van der Waals surface area contributed by atoms with Gasteiger partial charge in [-0.15, -0.1) is 0 Å². The van der Waals surface area contributed by atoms with E-state index < -0.39 is 5.91 Å². The number of fused-ring (bicyclic) bond motifs is 1. The number of carbonyl (C=O) groups excluding carboxylic acids is 2. The molecule has 3 aromatic rings. The fraction of sp³-hybridized carbons (Fsp3) is 0.111. The van der Waals surface area contributed by atoms with Crippen LogP contribution < -0.4 is 15.6 Å². The summed E-state index contributed by atoms with van der Waals surface area (Å²) in [5.74, 6) is -0.120. The van der Waals surface area contributed by atoms with Crippen LogP contribution in [0.5, 0.6) is 5.75 Å². The number of rotatable bonds is 4. The van der Waals surface area contributed by atoms with E-state index >= 15 is 0 Å². The van der Waals surface area contributed by atoms with Gasteiger partial charge in [-0.05, 0) is 29.8 Å². The Hall–Kier alpha value is -3.28. The van der Waals surface area contributed by atoms with Gasteiger partial charge < -0.3 is 9.72 Å². The molecular weight excluding hydrogens is 306 g/mol. The van der Waals surface area contributed by atoms with E-state index in [4.69, 9.17) is 4.74 Å². The molecule has 122 valence electrons. The molecule has 0 aliphatic rings. The second kappa shape index (κ2) is 6.87. The van der Waals surface area contributed by atoms with Crippen molar-refractivity contribution < 1.29 is 14.3 Å². The molecule has 1 aromatic heterocycles. The predicted octanol–water partition coefficient (Wildman–Crippen LogP) is 2.18. The first-order valence-electron chi connectivity index (χ1n) is 7.45. The van der Waals surface area contributed by atoms with E-state index in [1.807, 2.05) is 24.3 Å². The molecule has 1 heterocycles. The molecular formula is C18H17N3O3. The summed E-state index contributed by atoms with van der Waals surface area (Å²) in [6, 6.07) is 14.4. The van der Waals surface area contributed by atoms with Crippen molar-refractivity contribution >= 4 is 22.7 Å². The Morgan fingerprint density at radius 3 is 2.75 bits per heavy atom. The van der Waals surface area contributed by atoms with Gasteiger partial charge in [0.05, 0.1) is 13.5 Å². The van der Waals surface area contributed by atoms with E-state index in [2.05, 4.69) is 15.8 Å². The fourth-order valence-corrected chi connectivity index (χ4v) is 2.46. The van der Waals surface area contributed by atoms with E-state index in [1.54, 1.807) is 30.5 Å². The molecule has 0 aliphatic heterocycles. The molecule has 2 amide bonds. The Labute approximate surface area is 138 Å². The number of hydrazine groups is 1. The maximum atomic E-state index is 12.0. The number of hydrogen-bond donors (Lipinski definition) is 3. The Balaban J connectivity index is 1.60. The van der Waals surface area contributed by atoms with Crippen molar-refractivity contribution in [3.63, 3.8) is 0 Å². The van der Waals surface area contributed by atoms with Crippen molar-refractivity contribution in [1.82, 2.24) is 15.8 Å². The lowest BCUT2D eigenvalue weighted by Gasteiger charge is -2.08. The maximum absolute atomic E-state index is 12.0. The largest absolute Gasteiger partial charge is 0.497 e. The lowest BCUT2D eigenvalue weighted by Crippen LogP contribution is -2.42. The maximum Gasteiger partial charge on any atom is 0.269 e. The number of H-pyrrole nitrogens is 1. The highest BCUT2D eigenvalue weighted by atomic mass is 16.5. The number of carbonyl (C=O) groups is 2. The first kappa shape index (κ1) is 15.6. The highest BCUT2D eigenvalue weighted by Gasteiger charge is 2.11. The second-order valence-electron chi connectivity index (χ2n) is 5.27. The van der Waals surface area contributed by atoms with Crippen LogP contribution in [0.25, 0.3) is 10.9 Å². The van der Waals surface area contributed by atoms with Crippen LogP contribution in [-0.2, 0) is 11.2 Å². The summed E-state index contributed by atoms with van der Waals surface area (Å²) >= 11 is 0. The Bertz CT molecular complexity index is 886. The van der Waals surface area contributed by atoms with Gasteiger partial charge in [0, 0.05) is 22.7 Å². The van der Waals surface area contributed by atoms with E-state index in [-0.39, 0.29) is 12.3 Å². The summed E-state index contributed by atoms with van der Waals surface area (Å²) in [6.07, 6.45) is 1.97. The topological polar surface area (TPSA) is 83.2 Å². The molecule has 0 atom stereocenters. The van der Waals surface area contributed by atoms with Gasteiger partial charge in [0.15, 0.2) is 0 Å². The third-order valence-corrected chi connectivity index (χ3v) is 3.67. The molecule has 2 aromatic carbocycles. The first-order chi connectivity index (χ1) is 11.7. The van der Waals surface area contributed by atoms with Crippen LogP contribution in [-0.4, -0.2) is 23.9 Å². The molecule has 0 unspecified atom stereocenters. The minimum Gasteiger partial charge on any atom is -0.497 e. The SMILES string of the molecule is COc1cccc(C(=O)NNC(=O)Cc2c[nH]c3ccccc23)c1. The Kier molecular flexibility index (Phi) is 4.47. The number of hydrogen-bond acceptors (Lipinski definition) is 3. The number of amides is 2. The van der Waals surface area contributed by atoms with Crippen molar-refractivity contribution in [3.05, 3.63) is 65.9 Å². The molecule has 0 saturated carbocycles. The average molecular weight is 323 g/mol. The van der Waals surface area contributed by atoms with Crippen LogP contribution in [0.4, 0.5) is 0 Å². The summed E-state index contributed by atoms with van der Waals surface area (Å²) in [7, 11) is 1.53. The molecule has 0 radical (unpaired) electrons. The molecule has 3 rings (SSSR count). The zero-order valence-corrected chi connectivity index (χ0v) is 13.1. The zero-order chi connectivity index (χ0) is 16.9. The number of methoxy groups -OCH3 is 1. The van der Waals surface area contributed by atoms with Gasteiger partial charge in [-0.2, -0.15) is 0 Å². The summed E-state index contributed by atoms with van der Waals surface area (Å²) in [4.78, 5) is 27.2. The number of aromatic amines is 1. The molecule has 0 aliphatic carbocycles. The quantitative estimate of drug-likeness (QED) is 0.644. The smallest absolute Gasteiger partial charge is 0.269 e. The standard InChI is InChI=1S/C18H17N3O3/c1-24-14-6-4-5-12(9-14)18(23)21-20-17(22)10-13-11-19-16-8-3-2-7-15(13)16/h2-9,11,19H,10H2,1H3,(H,20,22)(H,21,23). The molecule has 6 heteroatoms. The lowest BCUT2D eigenvalue weighted by molar-refractivity contribution is -0.121. The molecule has 24 heavy (non-hydrogen) atoms. The second-order valence-corrected chi connectivity index (χ2v) is 5.27. The normalized spacial score (nSPS) is 10.4. The van der Waals surface area contributed by atoms with Crippen molar-refractivity contribution in [3.8, 4) is 5.75 Å². The van der Waals surface area contributed by atoms with Crippen LogP contribution in [0.2, 0.25) is 0 Å². The van der Waals surface area contributed by atoms with Gasteiger partial charge >= 0.3 is 0 Å². The van der Waals surface area contributed by atoms with E-state index in [0.29, 0.717) is 11.3 Å². The van der Waals surface area contributed by atoms with Gasteiger partial charge in [0.25, 0.3) is 5.91 Å². The highest BCUT2D eigenvalue weighted by Crippen LogP contribution is 2.18. The first-order valence-corrected chi connectivity index (χ1v) is 7.45. The predicted molar refractivity (Wildman–Crippen MR) is 90.6 cm³/mol. The zero-order valence-electron chi connectivity index (χ0n) is 13.1. The average Bonchev–Trinajstić information content (AvgIpc) is 3.03. The van der Waals surface area contributed by atoms with Crippen LogP contribution >= 0.6 is 0 Å². The molecule has 6 nitrogen and oxygen atoms in total. The molecule has 0 spiro atoms.